The van der Waals surface area contributed by atoms with Crippen LogP contribution in [0.3, 0.4) is 0 Å². The van der Waals surface area contributed by atoms with E-state index < -0.39 is 0 Å². The summed E-state index contributed by atoms with van der Waals surface area (Å²) in [4.78, 5) is 4.41. The van der Waals surface area contributed by atoms with Crippen LogP contribution in [-0.4, -0.2) is 24.9 Å². The van der Waals surface area contributed by atoms with Gasteiger partial charge in [0.05, 0.1) is 0 Å². The molecule has 1 aromatic carbocycles. The number of aryl methyl sites for hydroxylation is 2. The monoisotopic (exact) mass is 329 g/mol. The highest BCUT2D eigenvalue weighted by molar-refractivity contribution is 7.99. The van der Waals surface area contributed by atoms with Gasteiger partial charge in [0.2, 0.25) is 5.89 Å². The van der Waals surface area contributed by atoms with Crippen molar-refractivity contribution in [2.45, 2.75) is 44.1 Å². The summed E-state index contributed by atoms with van der Waals surface area (Å²) in [6, 6.07) is 10.1. The lowest BCUT2D eigenvalue weighted by Crippen LogP contribution is -2.04. The van der Waals surface area contributed by atoms with Crippen LogP contribution in [0.1, 0.15) is 41.7 Å². The lowest BCUT2D eigenvalue weighted by Gasteiger charge is -2.13. The van der Waals surface area contributed by atoms with E-state index in [9.17, 15) is 0 Å². The second kappa shape index (κ2) is 6.95. The fourth-order valence-corrected chi connectivity index (χ4v) is 3.48. The summed E-state index contributed by atoms with van der Waals surface area (Å²) in [7, 11) is 0. The van der Waals surface area contributed by atoms with Crippen LogP contribution in [0.5, 0.6) is 0 Å². The predicted octanol–water partition coefficient (Wildman–Crippen LogP) is 3.57. The molecule has 0 unspecified atom stereocenters. The number of aromatic nitrogens is 5. The third-order valence-corrected chi connectivity index (χ3v) is 4.66. The summed E-state index contributed by atoms with van der Waals surface area (Å²) < 4.78 is 7.55. The summed E-state index contributed by atoms with van der Waals surface area (Å²) in [5.74, 6) is 2.14. The van der Waals surface area contributed by atoms with E-state index in [1.165, 1.54) is 0 Å². The van der Waals surface area contributed by atoms with Gasteiger partial charge in [0, 0.05) is 6.54 Å². The van der Waals surface area contributed by atoms with E-state index in [1.807, 2.05) is 32.0 Å². The van der Waals surface area contributed by atoms with Crippen LogP contribution in [0, 0.1) is 13.8 Å². The molecular formula is C16H19N5OS. The molecule has 3 rings (SSSR count). The molecule has 0 amide bonds. The number of nitrogens with zero attached hydrogens (tertiary/aromatic N) is 5. The molecule has 1 atom stereocenters. The van der Waals surface area contributed by atoms with Crippen molar-refractivity contribution in [2.75, 3.05) is 0 Å². The topological polar surface area (TPSA) is 69.6 Å². The highest BCUT2D eigenvalue weighted by Crippen LogP contribution is 2.39. The van der Waals surface area contributed by atoms with Gasteiger partial charge in [-0.2, -0.15) is 4.98 Å². The van der Waals surface area contributed by atoms with Gasteiger partial charge in [-0.1, -0.05) is 54.2 Å². The van der Waals surface area contributed by atoms with Crippen LogP contribution in [-0.2, 0) is 6.54 Å². The minimum Gasteiger partial charge on any atom is -0.338 e. The molecule has 0 aliphatic carbocycles. The number of hydrogen-bond acceptors (Lipinski definition) is 6. The second-order valence-electron chi connectivity index (χ2n) is 5.27. The SMILES string of the molecule is CCCn1c(C)nnc1S[C@@H](c1ccccc1)c1nc(C)no1. The molecule has 7 heteroatoms. The minimum atomic E-state index is -0.100. The maximum absolute atomic E-state index is 5.42. The Hall–Kier alpha value is -2.15. The van der Waals surface area contributed by atoms with Crippen LogP contribution < -0.4 is 0 Å². The molecule has 0 saturated carbocycles. The molecule has 0 N–H and O–H groups in total. The van der Waals surface area contributed by atoms with Gasteiger partial charge >= 0.3 is 0 Å². The highest BCUT2D eigenvalue weighted by Gasteiger charge is 2.24. The van der Waals surface area contributed by atoms with E-state index in [0.717, 1.165) is 29.5 Å². The molecule has 0 aliphatic heterocycles. The first-order chi connectivity index (χ1) is 11.2. The summed E-state index contributed by atoms with van der Waals surface area (Å²) in [5.41, 5.74) is 1.10. The predicted molar refractivity (Wildman–Crippen MR) is 88.2 cm³/mol. The van der Waals surface area contributed by atoms with Gasteiger partial charge in [0.15, 0.2) is 11.0 Å². The molecular weight excluding hydrogens is 310 g/mol. The van der Waals surface area contributed by atoms with Crippen molar-refractivity contribution in [3.63, 3.8) is 0 Å². The Morgan fingerprint density at radius 1 is 1.17 bits per heavy atom. The molecule has 0 aliphatic rings. The fourth-order valence-electron chi connectivity index (χ4n) is 2.34. The molecule has 120 valence electrons. The molecule has 0 fully saturated rings. The Kier molecular flexibility index (Phi) is 4.76. The zero-order valence-corrected chi connectivity index (χ0v) is 14.2. The van der Waals surface area contributed by atoms with Crippen molar-refractivity contribution >= 4 is 11.8 Å². The largest absolute Gasteiger partial charge is 0.338 e. The Bertz CT molecular complexity index is 768. The maximum Gasteiger partial charge on any atom is 0.244 e. The second-order valence-corrected chi connectivity index (χ2v) is 6.34. The van der Waals surface area contributed by atoms with E-state index in [1.54, 1.807) is 11.8 Å². The van der Waals surface area contributed by atoms with E-state index in [-0.39, 0.29) is 5.25 Å². The van der Waals surface area contributed by atoms with Gasteiger partial charge in [-0.15, -0.1) is 10.2 Å². The Morgan fingerprint density at radius 2 is 1.96 bits per heavy atom. The number of rotatable bonds is 6. The third kappa shape index (κ3) is 3.44. The zero-order chi connectivity index (χ0) is 16.2. The van der Waals surface area contributed by atoms with Gasteiger partial charge in [-0.3, -0.25) is 0 Å². The minimum absolute atomic E-state index is 0.100. The van der Waals surface area contributed by atoms with Crippen molar-refractivity contribution in [3.8, 4) is 0 Å². The van der Waals surface area contributed by atoms with E-state index >= 15 is 0 Å². The Balaban J connectivity index is 1.97. The lowest BCUT2D eigenvalue weighted by atomic mass is 10.1. The van der Waals surface area contributed by atoms with Crippen molar-refractivity contribution in [1.82, 2.24) is 24.9 Å². The molecule has 0 radical (unpaired) electrons. The van der Waals surface area contributed by atoms with Gasteiger partial charge in [-0.25, -0.2) is 0 Å². The van der Waals surface area contributed by atoms with E-state index in [2.05, 4.69) is 44.0 Å². The van der Waals surface area contributed by atoms with Crippen LogP contribution in [0.2, 0.25) is 0 Å². The van der Waals surface area contributed by atoms with Gasteiger partial charge < -0.3 is 9.09 Å². The van der Waals surface area contributed by atoms with E-state index in [4.69, 9.17) is 4.52 Å². The van der Waals surface area contributed by atoms with Crippen molar-refractivity contribution < 1.29 is 4.52 Å². The molecule has 23 heavy (non-hydrogen) atoms. The average Bonchev–Trinajstić information content (AvgIpc) is 3.14. The van der Waals surface area contributed by atoms with Crippen LogP contribution >= 0.6 is 11.8 Å². The third-order valence-electron chi connectivity index (χ3n) is 3.44. The van der Waals surface area contributed by atoms with Gasteiger partial charge in [0.25, 0.3) is 0 Å². The smallest absolute Gasteiger partial charge is 0.244 e. The van der Waals surface area contributed by atoms with Crippen molar-refractivity contribution in [1.29, 1.82) is 0 Å². The van der Waals surface area contributed by atoms with Crippen LogP contribution in [0.25, 0.3) is 0 Å². The van der Waals surface area contributed by atoms with Gasteiger partial charge in [0.1, 0.15) is 11.1 Å². The standard InChI is InChI=1S/C16H19N5OS/c1-4-10-21-12(3)18-19-16(21)23-14(13-8-6-5-7-9-13)15-17-11(2)20-22-15/h5-9,14H,4,10H2,1-3H3/t14-/m0/s1. The quantitative estimate of drug-likeness (QED) is 0.644. The maximum atomic E-state index is 5.42. The molecule has 2 heterocycles. The molecule has 0 bridgehead atoms. The average molecular weight is 329 g/mol. The number of thioether (sulfide) groups is 1. The normalized spacial score (nSPS) is 12.5. The first-order valence-corrected chi connectivity index (χ1v) is 8.48. The first-order valence-electron chi connectivity index (χ1n) is 7.60. The summed E-state index contributed by atoms with van der Waals surface area (Å²) in [6.45, 7) is 6.83. The fraction of sp³-hybridized carbons (Fsp3) is 0.375. The molecule has 6 nitrogen and oxygen atoms in total. The number of benzene rings is 1. The van der Waals surface area contributed by atoms with Crippen LogP contribution in [0.4, 0.5) is 0 Å². The highest BCUT2D eigenvalue weighted by atomic mass is 32.2. The Labute approximate surface area is 139 Å². The Morgan fingerprint density at radius 3 is 2.61 bits per heavy atom. The molecule has 0 spiro atoms. The lowest BCUT2D eigenvalue weighted by molar-refractivity contribution is 0.379. The summed E-state index contributed by atoms with van der Waals surface area (Å²) in [5, 5.41) is 13.2. The molecule has 2 aromatic heterocycles. The zero-order valence-electron chi connectivity index (χ0n) is 13.4. The van der Waals surface area contributed by atoms with E-state index in [0.29, 0.717) is 11.7 Å². The van der Waals surface area contributed by atoms with Crippen molar-refractivity contribution in [3.05, 3.63) is 53.4 Å². The first kappa shape index (κ1) is 15.7. The molecule has 3 aromatic rings. The van der Waals surface area contributed by atoms with Crippen molar-refractivity contribution in [2.24, 2.45) is 0 Å². The summed E-state index contributed by atoms with van der Waals surface area (Å²) >= 11 is 1.59. The molecule has 0 saturated heterocycles. The van der Waals surface area contributed by atoms with Gasteiger partial charge in [-0.05, 0) is 25.8 Å². The summed E-state index contributed by atoms with van der Waals surface area (Å²) in [6.07, 6.45) is 1.03. The number of hydrogen-bond donors (Lipinski definition) is 0. The van der Waals surface area contributed by atoms with Crippen LogP contribution in [0.15, 0.2) is 40.0 Å².